The number of unbranched alkanes of at least 4 members (excludes halogenated alkanes) is 9. The number of carbonyl (C=O) groups excluding carboxylic acids is 1. The van der Waals surface area contributed by atoms with Crippen LogP contribution in [-0.2, 0) is 6.42 Å². The SMILES string of the molecule is CCCCCCCCCc1cnc(-c2ccc(OC(=O)c3ccc(OCCCCCC)cc3F)cc2)nc1. The predicted molar refractivity (Wildman–Crippen MR) is 150 cm³/mol. The molecule has 1 heterocycles. The second kappa shape index (κ2) is 16.5. The molecule has 38 heavy (non-hydrogen) atoms. The Hall–Kier alpha value is -3.28. The standard InChI is InChI=1S/C32H41FN2O3/c1-3-5-7-9-10-11-12-14-25-23-34-31(35-24-25)26-15-17-27(18-16-26)38-32(36)29-20-19-28(22-30(29)33)37-21-13-8-6-4-2/h15-20,22-24H,3-14,21H2,1-2H3. The van der Waals surface area contributed by atoms with E-state index >= 15 is 0 Å². The first-order chi connectivity index (χ1) is 18.6. The van der Waals surface area contributed by atoms with Gasteiger partial charge in [-0.3, -0.25) is 0 Å². The highest BCUT2D eigenvalue weighted by Gasteiger charge is 2.15. The summed E-state index contributed by atoms with van der Waals surface area (Å²) in [5, 5.41) is 0. The maximum Gasteiger partial charge on any atom is 0.346 e. The number of hydrogen-bond donors (Lipinski definition) is 0. The van der Waals surface area contributed by atoms with Crippen molar-refractivity contribution in [2.45, 2.75) is 90.9 Å². The normalized spacial score (nSPS) is 10.9. The molecule has 3 aromatic rings. The van der Waals surface area contributed by atoms with Crippen LogP contribution in [0.4, 0.5) is 4.39 Å². The third-order valence-electron chi connectivity index (χ3n) is 6.52. The minimum atomic E-state index is -0.754. The number of benzene rings is 2. The first kappa shape index (κ1) is 29.3. The first-order valence-corrected chi connectivity index (χ1v) is 14.2. The maximum atomic E-state index is 14.5. The third-order valence-corrected chi connectivity index (χ3v) is 6.52. The van der Waals surface area contributed by atoms with E-state index in [2.05, 4.69) is 23.8 Å². The Bertz CT molecular complexity index is 1100. The molecule has 0 unspecified atom stereocenters. The van der Waals surface area contributed by atoms with Gasteiger partial charge in [0, 0.05) is 24.0 Å². The lowest BCUT2D eigenvalue weighted by molar-refractivity contribution is 0.0730. The number of carbonyl (C=O) groups is 1. The molecule has 0 spiro atoms. The number of halogens is 1. The molecule has 0 amide bonds. The Morgan fingerprint density at radius 2 is 1.37 bits per heavy atom. The van der Waals surface area contributed by atoms with Crippen molar-refractivity contribution in [1.82, 2.24) is 9.97 Å². The molecule has 0 bridgehead atoms. The number of rotatable bonds is 17. The topological polar surface area (TPSA) is 61.3 Å². The zero-order valence-electron chi connectivity index (χ0n) is 22.9. The smallest absolute Gasteiger partial charge is 0.346 e. The predicted octanol–water partition coefficient (Wildman–Crippen LogP) is 8.75. The Kier molecular flexibility index (Phi) is 12.7. The van der Waals surface area contributed by atoms with Gasteiger partial charge >= 0.3 is 5.97 Å². The first-order valence-electron chi connectivity index (χ1n) is 14.2. The van der Waals surface area contributed by atoms with Crippen molar-refractivity contribution in [2.24, 2.45) is 0 Å². The van der Waals surface area contributed by atoms with E-state index in [1.807, 2.05) is 12.4 Å². The van der Waals surface area contributed by atoms with Gasteiger partial charge < -0.3 is 9.47 Å². The summed E-state index contributed by atoms with van der Waals surface area (Å²) in [5.41, 5.74) is 1.83. The third kappa shape index (κ3) is 9.88. The van der Waals surface area contributed by atoms with Gasteiger partial charge in [-0.1, -0.05) is 71.6 Å². The van der Waals surface area contributed by atoms with E-state index in [-0.39, 0.29) is 5.56 Å². The van der Waals surface area contributed by atoms with Crippen LogP contribution < -0.4 is 9.47 Å². The zero-order chi connectivity index (χ0) is 27.0. The lowest BCUT2D eigenvalue weighted by Gasteiger charge is -2.09. The lowest BCUT2D eigenvalue weighted by Crippen LogP contribution is -2.11. The molecule has 0 aliphatic heterocycles. The number of nitrogens with zero attached hydrogens (tertiary/aromatic N) is 2. The van der Waals surface area contributed by atoms with E-state index < -0.39 is 11.8 Å². The van der Waals surface area contributed by atoms with Gasteiger partial charge in [-0.25, -0.2) is 19.2 Å². The van der Waals surface area contributed by atoms with Crippen molar-refractivity contribution in [1.29, 1.82) is 0 Å². The monoisotopic (exact) mass is 520 g/mol. The number of hydrogen-bond acceptors (Lipinski definition) is 5. The summed E-state index contributed by atoms with van der Waals surface area (Å²) in [4.78, 5) is 21.5. The van der Waals surface area contributed by atoms with E-state index in [9.17, 15) is 9.18 Å². The highest BCUT2D eigenvalue weighted by atomic mass is 19.1. The number of aromatic nitrogens is 2. The molecule has 2 aromatic carbocycles. The number of aryl methyl sites for hydroxylation is 1. The van der Waals surface area contributed by atoms with E-state index in [1.54, 1.807) is 30.3 Å². The molecule has 5 nitrogen and oxygen atoms in total. The molecular formula is C32H41FN2O3. The fraction of sp³-hybridized carbons (Fsp3) is 0.469. The molecule has 0 saturated heterocycles. The summed E-state index contributed by atoms with van der Waals surface area (Å²) in [6.45, 7) is 4.91. The highest BCUT2D eigenvalue weighted by Crippen LogP contribution is 2.22. The zero-order valence-corrected chi connectivity index (χ0v) is 22.9. The molecule has 0 atom stereocenters. The summed E-state index contributed by atoms with van der Waals surface area (Å²) in [6.07, 6.45) is 18.0. The molecule has 3 rings (SSSR count). The van der Waals surface area contributed by atoms with Crippen molar-refractivity contribution in [3.8, 4) is 22.9 Å². The summed E-state index contributed by atoms with van der Waals surface area (Å²) >= 11 is 0. The molecule has 0 fully saturated rings. The van der Waals surface area contributed by atoms with Crippen molar-refractivity contribution in [2.75, 3.05) is 6.61 Å². The fourth-order valence-corrected chi connectivity index (χ4v) is 4.22. The summed E-state index contributed by atoms with van der Waals surface area (Å²) in [5.74, 6) is -0.0702. The van der Waals surface area contributed by atoms with Gasteiger partial charge in [0.25, 0.3) is 0 Å². The van der Waals surface area contributed by atoms with Gasteiger partial charge in [-0.2, -0.15) is 0 Å². The molecule has 0 aliphatic rings. The molecule has 0 radical (unpaired) electrons. The van der Waals surface area contributed by atoms with Crippen LogP contribution in [0.2, 0.25) is 0 Å². The van der Waals surface area contributed by atoms with Gasteiger partial charge in [0.1, 0.15) is 17.3 Å². The molecule has 0 N–H and O–H groups in total. The summed E-state index contributed by atoms with van der Waals surface area (Å²) in [7, 11) is 0. The Morgan fingerprint density at radius 1 is 0.763 bits per heavy atom. The Labute approximate surface area is 226 Å². The summed E-state index contributed by atoms with van der Waals surface area (Å²) < 4.78 is 25.5. The largest absolute Gasteiger partial charge is 0.493 e. The van der Waals surface area contributed by atoms with E-state index in [0.29, 0.717) is 23.9 Å². The van der Waals surface area contributed by atoms with Crippen LogP contribution in [0.1, 0.15) is 100 Å². The molecule has 0 saturated carbocycles. The molecule has 204 valence electrons. The maximum absolute atomic E-state index is 14.5. The van der Waals surface area contributed by atoms with Crippen LogP contribution in [0.15, 0.2) is 54.9 Å². The van der Waals surface area contributed by atoms with Gasteiger partial charge in [0.05, 0.1) is 12.2 Å². The van der Waals surface area contributed by atoms with Crippen molar-refractivity contribution in [3.63, 3.8) is 0 Å². The van der Waals surface area contributed by atoms with Crippen LogP contribution in [0.25, 0.3) is 11.4 Å². The van der Waals surface area contributed by atoms with Crippen LogP contribution >= 0.6 is 0 Å². The molecule has 1 aromatic heterocycles. The van der Waals surface area contributed by atoms with Gasteiger partial charge in [0.2, 0.25) is 0 Å². The van der Waals surface area contributed by atoms with Gasteiger partial charge in [0.15, 0.2) is 5.82 Å². The van der Waals surface area contributed by atoms with Crippen LogP contribution in [0.3, 0.4) is 0 Å². The number of ether oxygens (including phenoxy) is 2. The Morgan fingerprint density at radius 3 is 2.03 bits per heavy atom. The highest BCUT2D eigenvalue weighted by molar-refractivity contribution is 5.91. The minimum absolute atomic E-state index is 0.132. The van der Waals surface area contributed by atoms with E-state index in [0.717, 1.165) is 49.7 Å². The van der Waals surface area contributed by atoms with E-state index in [1.165, 1.54) is 50.7 Å². The molecule has 6 heteroatoms. The Balaban J connectivity index is 1.46. The summed E-state index contributed by atoms with van der Waals surface area (Å²) in [6, 6.07) is 11.1. The molecule has 0 aliphatic carbocycles. The number of esters is 1. The van der Waals surface area contributed by atoms with Crippen LogP contribution in [-0.4, -0.2) is 22.5 Å². The second-order valence-electron chi connectivity index (χ2n) is 9.75. The van der Waals surface area contributed by atoms with Crippen molar-refractivity contribution in [3.05, 3.63) is 71.8 Å². The lowest BCUT2D eigenvalue weighted by atomic mass is 10.1. The van der Waals surface area contributed by atoms with Crippen molar-refractivity contribution >= 4 is 5.97 Å². The average molecular weight is 521 g/mol. The quantitative estimate of drug-likeness (QED) is 0.101. The van der Waals surface area contributed by atoms with Gasteiger partial charge in [-0.15, -0.1) is 0 Å². The van der Waals surface area contributed by atoms with E-state index in [4.69, 9.17) is 9.47 Å². The second-order valence-corrected chi connectivity index (χ2v) is 9.75. The average Bonchev–Trinajstić information content (AvgIpc) is 2.93. The van der Waals surface area contributed by atoms with Gasteiger partial charge in [-0.05, 0) is 61.2 Å². The fourth-order valence-electron chi connectivity index (χ4n) is 4.22. The van der Waals surface area contributed by atoms with Crippen LogP contribution in [0.5, 0.6) is 11.5 Å². The molecular weight excluding hydrogens is 479 g/mol. The minimum Gasteiger partial charge on any atom is -0.493 e. The van der Waals surface area contributed by atoms with Crippen molar-refractivity contribution < 1.29 is 18.7 Å². The van der Waals surface area contributed by atoms with Crippen LogP contribution in [0, 0.1) is 5.82 Å².